The van der Waals surface area contributed by atoms with E-state index in [-0.39, 0.29) is 30.1 Å². The molecular weight excluding hydrogens is 642 g/mol. The van der Waals surface area contributed by atoms with Gasteiger partial charge in [-0.2, -0.15) is 5.10 Å². The average Bonchev–Trinajstić information content (AvgIpc) is 3.73. The first kappa shape index (κ1) is 35.2. The van der Waals surface area contributed by atoms with E-state index in [1.165, 1.54) is 5.56 Å². The van der Waals surface area contributed by atoms with Gasteiger partial charge in [0.15, 0.2) is 5.78 Å². The summed E-state index contributed by atoms with van der Waals surface area (Å²) in [6.07, 6.45) is 6.32. The van der Waals surface area contributed by atoms with E-state index in [0.717, 1.165) is 91.6 Å². The molecule has 11 heteroatoms. The number of amides is 1. The topological polar surface area (TPSA) is 115 Å². The Bertz CT molecular complexity index is 1760. The second kappa shape index (κ2) is 15.2. The molecule has 2 aromatic heterocycles. The Balaban J connectivity index is 1.18. The van der Waals surface area contributed by atoms with Gasteiger partial charge in [0.2, 0.25) is 5.91 Å². The fourth-order valence-electron chi connectivity index (χ4n) is 8.72. The number of carbonyl (C=O) groups excluding carboxylic acids is 2. The number of nitrogens with zero attached hydrogens (tertiary/aromatic N) is 7. The monoisotopic (exact) mass is 695 g/mol. The van der Waals surface area contributed by atoms with Crippen molar-refractivity contribution in [3.05, 3.63) is 64.6 Å². The summed E-state index contributed by atoms with van der Waals surface area (Å²) >= 11 is 0. The van der Waals surface area contributed by atoms with Gasteiger partial charge in [0.05, 0.1) is 23.8 Å². The van der Waals surface area contributed by atoms with Gasteiger partial charge in [0.25, 0.3) is 0 Å². The normalized spacial score (nSPS) is 24.9. The number of fused-ring (bicyclic) bond motifs is 9. The van der Waals surface area contributed by atoms with Crippen LogP contribution in [0.3, 0.4) is 0 Å². The number of piperazine rings is 1. The lowest BCUT2D eigenvalue weighted by Crippen LogP contribution is -2.49. The number of carboxylic acids is 1. The summed E-state index contributed by atoms with van der Waals surface area (Å²) in [6, 6.07) is 12.6. The van der Waals surface area contributed by atoms with E-state index < -0.39 is 5.97 Å². The number of Topliss-reactive ketones (excluding diaryl/α,β-unsaturated/α-hetero) is 1. The molecule has 1 aromatic carbocycles. The van der Waals surface area contributed by atoms with Crippen LogP contribution in [-0.2, 0) is 27.2 Å². The minimum absolute atomic E-state index is 0.0555. The molecule has 8 rings (SSSR count). The van der Waals surface area contributed by atoms with Gasteiger partial charge in [-0.1, -0.05) is 6.07 Å². The van der Waals surface area contributed by atoms with Crippen molar-refractivity contribution in [2.45, 2.75) is 90.5 Å². The summed E-state index contributed by atoms with van der Waals surface area (Å²) in [5.74, 6) is 0.774. The first-order chi connectivity index (χ1) is 24.6. The number of hydrogen-bond acceptors (Lipinski definition) is 8. The Morgan fingerprint density at radius 3 is 2.39 bits per heavy atom. The van der Waals surface area contributed by atoms with Crippen molar-refractivity contribution >= 4 is 29.2 Å². The van der Waals surface area contributed by atoms with Crippen molar-refractivity contribution in [1.29, 1.82) is 0 Å². The van der Waals surface area contributed by atoms with Crippen LogP contribution in [0.2, 0.25) is 0 Å². The summed E-state index contributed by atoms with van der Waals surface area (Å²) in [5.41, 5.74) is 7.20. The lowest BCUT2D eigenvalue weighted by molar-refractivity contribution is -0.137. The molecule has 51 heavy (non-hydrogen) atoms. The maximum atomic E-state index is 13.4. The number of ketones is 1. The smallest absolute Gasteiger partial charge is 0.304 e. The van der Waals surface area contributed by atoms with Gasteiger partial charge >= 0.3 is 5.97 Å². The molecule has 3 aromatic rings. The molecule has 8 bridgehead atoms. The Kier molecular flexibility index (Phi) is 10.5. The van der Waals surface area contributed by atoms with Gasteiger partial charge < -0.3 is 24.7 Å². The van der Waals surface area contributed by atoms with Crippen LogP contribution in [-0.4, -0.2) is 106 Å². The van der Waals surface area contributed by atoms with Gasteiger partial charge in [-0.15, -0.1) is 0 Å². The molecule has 2 unspecified atom stereocenters. The summed E-state index contributed by atoms with van der Waals surface area (Å²) in [6.45, 7) is 12.0. The van der Waals surface area contributed by atoms with Crippen molar-refractivity contribution in [3.8, 4) is 5.69 Å². The van der Waals surface area contributed by atoms with Crippen LogP contribution in [0.15, 0.2) is 36.4 Å². The number of anilines is 2. The van der Waals surface area contributed by atoms with Gasteiger partial charge in [-0.25, -0.2) is 9.67 Å². The highest BCUT2D eigenvalue weighted by molar-refractivity contribution is 5.87. The highest BCUT2D eigenvalue weighted by Gasteiger charge is 2.31. The van der Waals surface area contributed by atoms with Crippen molar-refractivity contribution in [2.75, 3.05) is 62.2 Å². The third kappa shape index (κ3) is 7.98. The first-order valence-corrected chi connectivity index (χ1v) is 19.0. The molecule has 11 nitrogen and oxygen atoms in total. The van der Waals surface area contributed by atoms with Crippen molar-refractivity contribution in [1.82, 2.24) is 24.6 Å². The zero-order valence-corrected chi connectivity index (χ0v) is 30.5. The summed E-state index contributed by atoms with van der Waals surface area (Å²) in [7, 11) is 0. The molecule has 1 N–H and O–H groups in total. The maximum absolute atomic E-state index is 13.4. The lowest BCUT2D eigenvalue weighted by Gasteiger charge is -2.37. The predicted molar refractivity (Wildman–Crippen MR) is 198 cm³/mol. The fraction of sp³-hybridized carbons (Fsp3) is 0.575. The van der Waals surface area contributed by atoms with E-state index in [1.54, 1.807) is 0 Å². The number of rotatable bonds is 3. The molecule has 1 amide bonds. The second-order valence-electron chi connectivity index (χ2n) is 15.3. The molecule has 0 saturated carbocycles. The van der Waals surface area contributed by atoms with Gasteiger partial charge in [0.1, 0.15) is 5.82 Å². The SMILES string of the molecule is Cc1cc(C)n(-c2cc3cc(c2)N2CCN(CC2)C(=O)CCCC(=O)C(C)N2CCCc4ccc(nc42)CC[C@@H]2CCN(C2)C[C@@H]3CC(=O)O)n1. The lowest BCUT2D eigenvalue weighted by atomic mass is 9.93. The second-order valence-corrected chi connectivity index (χ2v) is 15.3. The van der Waals surface area contributed by atoms with Gasteiger partial charge in [-0.05, 0) is 113 Å². The summed E-state index contributed by atoms with van der Waals surface area (Å²) in [4.78, 5) is 53.1. The van der Waals surface area contributed by atoms with Crippen molar-refractivity contribution < 1.29 is 19.5 Å². The van der Waals surface area contributed by atoms with Crippen molar-refractivity contribution in [2.24, 2.45) is 5.92 Å². The van der Waals surface area contributed by atoms with Gasteiger partial charge in [-0.3, -0.25) is 14.4 Å². The van der Waals surface area contributed by atoms with E-state index in [2.05, 4.69) is 51.1 Å². The van der Waals surface area contributed by atoms with E-state index in [0.29, 0.717) is 57.9 Å². The third-order valence-corrected chi connectivity index (χ3v) is 11.6. The number of pyridine rings is 1. The van der Waals surface area contributed by atoms with Crippen LogP contribution in [0, 0.1) is 19.8 Å². The number of hydrogen-bond donors (Lipinski definition) is 1. The molecule has 7 heterocycles. The molecule has 5 aliphatic heterocycles. The molecular formula is C40H53N7O4. The van der Waals surface area contributed by atoms with Crippen molar-refractivity contribution in [3.63, 3.8) is 0 Å². The number of aliphatic carboxylic acids is 1. The molecule has 2 fully saturated rings. The van der Waals surface area contributed by atoms with Crippen LogP contribution in [0.1, 0.15) is 86.0 Å². The largest absolute Gasteiger partial charge is 0.481 e. The highest BCUT2D eigenvalue weighted by Crippen LogP contribution is 2.33. The van der Waals surface area contributed by atoms with Gasteiger partial charge in [0, 0.05) is 81.6 Å². The summed E-state index contributed by atoms with van der Waals surface area (Å²) in [5, 5.41) is 14.9. The number of benzene rings is 1. The fourth-order valence-corrected chi connectivity index (χ4v) is 8.72. The molecule has 272 valence electrons. The molecule has 4 atom stereocenters. The quantitative estimate of drug-likeness (QED) is 0.407. The van der Waals surface area contributed by atoms with E-state index in [4.69, 9.17) is 10.1 Å². The third-order valence-electron chi connectivity index (χ3n) is 11.6. The average molecular weight is 696 g/mol. The Morgan fingerprint density at radius 2 is 1.63 bits per heavy atom. The number of aryl methyl sites for hydroxylation is 4. The number of aromatic nitrogens is 3. The first-order valence-electron chi connectivity index (χ1n) is 19.0. The molecule has 0 radical (unpaired) electrons. The maximum Gasteiger partial charge on any atom is 0.304 e. The van der Waals surface area contributed by atoms with Crippen LogP contribution in [0.5, 0.6) is 0 Å². The van der Waals surface area contributed by atoms with Crippen LogP contribution in [0.4, 0.5) is 11.5 Å². The Labute approximate surface area is 301 Å². The minimum atomic E-state index is -0.794. The van der Waals surface area contributed by atoms with Crippen LogP contribution >= 0.6 is 0 Å². The number of carbonyl (C=O) groups is 3. The minimum Gasteiger partial charge on any atom is -0.481 e. The molecule has 0 spiro atoms. The van der Waals surface area contributed by atoms with Crippen LogP contribution in [0.25, 0.3) is 5.69 Å². The van der Waals surface area contributed by atoms with E-state index in [1.807, 2.05) is 30.4 Å². The summed E-state index contributed by atoms with van der Waals surface area (Å²) < 4.78 is 1.96. The Morgan fingerprint density at radius 1 is 0.843 bits per heavy atom. The van der Waals surface area contributed by atoms with E-state index >= 15 is 0 Å². The molecule has 2 saturated heterocycles. The van der Waals surface area contributed by atoms with E-state index in [9.17, 15) is 19.5 Å². The zero-order valence-electron chi connectivity index (χ0n) is 30.5. The standard InChI is InChI=1S/C40H53N7O4/c1-27-20-28(2)47(42-27)36-22-32-21-35(24-36)44-16-18-45(19-17-44)38(49)8-4-7-37(48)29(3)46-14-5-6-31-10-12-34(41-40(31)46)11-9-30-13-15-43(25-30)26-33(32)23-39(50)51/h10,12,20-22,24,29-30,33H,4-9,11,13-19,23,25-26H2,1-3H3,(H,50,51)/t29?,30-,33+/m1/s1. The Hall–Kier alpha value is -4.25. The predicted octanol–water partition coefficient (Wildman–Crippen LogP) is 4.94. The highest BCUT2D eigenvalue weighted by atomic mass is 16.4. The van der Waals surface area contributed by atoms with Crippen LogP contribution < -0.4 is 9.80 Å². The molecule has 0 aliphatic carbocycles. The molecule has 5 aliphatic rings. The zero-order chi connectivity index (χ0) is 35.6. The number of carboxylic acid groups (broad SMARTS) is 1.